The number of aliphatic imine (C=N–C) groups is 1. The van der Waals surface area contributed by atoms with E-state index in [0.717, 1.165) is 37.4 Å². The summed E-state index contributed by atoms with van der Waals surface area (Å²) in [5, 5.41) is 7.80. The Hall–Kier alpha value is -0.470. The summed E-state index contributed by atoms with van der Waals surface area (Å²) >= 11 is 1.99. The van der Waals surface area contributed by atoms with Gasteiger partial charge in [0, 0.05) is 30.9 Å². The highest BCUT2D eigenvalue weighted by molar-refractivity contribution is 14.0. The van der Waals surface area contributed by atoms with Crippen molar-refractivity contribution in [2.24, 2.45) is 4.99 Å². The molecule has 142 valence electrons. The predicted octanol–water partition coefficient (Wildman–Crippen LogP) is 3.58. The van der Waals surface area contributed by atoms with E-state index < -0.39 is 0 Å². The van der Waals surface area contributed by atoms with Gasteiger partial charge in [-0.05, 0) is 45.1 Å². The normalized spacial score (nSPS) is 20.4. The van der Waals surface area contributed by atoms with Crippen molar-refractivity contribution < 1.29 is 0 Å². The van der Waals surface area contributed by atoms with Gasteiger partial charge in [0.25, 0.3) is 0 Å². The van der Waals surface area contributed by atoms with Gasteiger partial charge in [0.05, 0.1) is 6.54 Å². The smallest absolute Gasteiger partial charge is 0.191 e. The Morgan fingerprint density at radius 1 is 1.28 bits per heavy atom. The minimum Gasteiger partial charge on any atom is -0.357 e. The molecular formula is C19H33IN4S. The average molecular weight is 476 g/mol. The molecule has 1 aliphatic rings. The Bertz CT molecular complexity index is 497. The average Bonchev–Trinajstić information content (AvgIpc) is 3.03. The first-order valence-electron chi connectivity index (χ1n) is 9.01. The number of thioether (sulfide) groups is 1. The molecule has 1 aliphatic carbocycles. The molecule has 2 atom stereocenters. The van der Waals surface area contributed by atoms with Crippen molar-refractivity contribution in [2.45, 2.75) is 44.0 Å². The molecule has 6 heteroatoms. The van der Waals surface area contributed by atoms with Crippen LogP contribution in [0.25, 0.3) is 0 Å². The van der Waals surface area contributed by atoms with E-state index in [1.165, 1.54) is 24.8 Å². The van der Waals surface area contributed by atoms with Crippen LogP contribution >= 0.6 is 35.7 Å². The lowest BCUT2D eigenvalue weighted by Crippen LogP contribution is -2.43. The van der Waals surface area contributed by atoms with Crippen LogP contribution in [0.15, 0.2) is 35.3 Å². The fourth-order valence-corrected chi connectivity index (χ4v) is 3.90. The minimum absolute atomic E-state index is 0. The van der Waals surface area contributed by atoms with Crippen molar-refractivity contribution in [3.63, 3.8) is 0 Å². The number of guanidine groups is 1. The minimum atomic E-state index is 0. The lowest BCUT2D eigenvalue weighted by molar-refractivity contribution is 0.336. The van der Waals surface area contributed by atoms with E-state index in [1.807, 2.05) is 11.8 Å². The summed E-state index contributed by atoms with van der Waals surface area (Å²) < 4.78 is 0. The molecule has 25 heavy (non-hydrogen) atoms. The molecule has 2 rings (SSSR count). The van der Waals surface area contributed by atoms with Gasteiger partial charge in [-0.25, -0.2) is 0 Å². The number of hydrogen-bond donors (Lipinski definition) is 2. The first-order valence-corrected chi connectivity index (χ1v) is 10.3. The highest BCUT2D eigenvalue weighted by Crippen LogP contribution is 2.27. The Morgan fingerprint density at radius 2 is 2.04 bits per heavy atom. The van der Waals surface area contributed by atoms with Crippen molar-refractivity contribution >= 4 is 41.7 Å². The van der Waals surface area contributed by atoms with Crippen LogP contribution in [0.5, 0.6) is 0 Å². The van der Waals surface area contributed by atoms with Crippen LogP contribution < -0.4 is 10.6 Å². The molecule has 0 heterocycles. The predicted molar refractivity (Wildman–Crippen MR) is 122 cm³/mol. The number of hydrogen-bond acceptors (Lipinski definition) is 3. The maximum Gasteiger partial charge on any atom is 0.191 e. The summed E-state index contributed by atoms with van der Waals surface area (Å²) in [5.41, 5.74) is 1.35. The van der Waals surface area contributed by atoms with E-state index in [4.69, 9.17) is 4.99 Å². The zero-order valence-corrected chi connectivity index (χ0v) is 18.8. The van der Waals surface area contributed by atoms with Crippen LogP contribution in [0.1, 0.15) is 31.7 Å². The SMILES string of the molecule is CCNC(=NCCN(C)Cc1ccccc1)NC1CCC(SC)C1.I. The zero-order chi connectivity index (χ0) is 17.2. The largest absolute Gasteiger partial charge is 0.357 e. The molecule has 0 saturated heterocycles. The van der Waals surface area contributed by atoms with Gasteiger partial charge in [-0.1, -0.05) is 30.3 Å². The fraction of sp³-hybridized carbons (Fsp3) is 0.632. The summed E-state index contributed by atoms with van der Waals surface area (Å²) in [7, 11) is 2.16. The van der Waals surface area contributed by atoms with Crippen LogP contribution in [-0.4, -0.2) is 55.1 Å². The van der Waals surface area contributed by atoms with Gasteiger partial charge in [0.15, 0.2) is 5.96 Å². The molecule has 2 unspecified atom stereocenters. The van der Waals surface area contributed by atoms with Crippen LogP contribution in [-0.2, 0) is 6.54 Å². The molecule has 1 saturated carbocycles. The standard InChI is InChI=1S/C19H32N4S.HI/c1-4-20-19(22-17-10-11-18(14-17)24-3)21-12-13-23(2)15-16-8-6-5-7-9-16;/h5-9,17-18H,4,10-15H2,1-3H3,(H2,20,21,22);1H. The maximum atomic E-state index is 4.76. The van der Waals surface area contributed by atoms with Crippen molar-refractivity contribution in [1.82, 2.24) is 15.5 Å². The number of nitrogens with one attached hydrogen (secondary N) is 2. The van der Waals surface area contributed by atoms with Crippen LogP contribution in [0.3, 0.4) is 0 Å². The van der Waals surface area contributed by atoms with Crippen molar-refractivity contribution in [3.8, 4) is 0 Å². The summed E-state index contributed by atoms with van der Waals surface area (Å²) in [6.07, 6.45) is 6.04. The molecule has 0 amide bonds. The summed E-state index contributed by atoms with van der Waals surface area (Å²) in [6.45, 7) is 5.78. The molecule has 0 radical (unpaired) electrons. The van der Waals surface area contributed by atoms with Crippen molar-refractivity contribution in [2.75, 3.05) is 32.9 Å². The summed E-state index contributed by atoms with van der Waals surface area (Å²) in [6, 6.07) is 11.2. The van der Waals surface area contributed by atoms with E-state index in [9.17, 15) is 0 Å². The molecule has 2 N–H and O–H groups in total. The molecule has 0 bridgehead atoms. The summed E-state index contributed by atoms with van der Waals surface area (Å²) in [4.78, 5) is 7.08. The lowest BCUT2D eigenvalue weighted by Gasteiger charge is -2.19. The zero-order valence-electron chi connectivity index (χ0n) is 15.7. The molecule has 1 aromatic carbocycles. The first-order chi connectivity index (χ1) is 11.7. The van der Waals surface area contributed by atoms with E-state index in [2.05, 4.69) is 66.1 Å². The monoisotopic (exact) mass is 476 g/mol. The Kier molecular flexibility index (Phi) is 11.6. The van der Waals surface area contributed by atoms with E-state index in [1.54, 1.807) is 0 Å². The Labute approximate surface area is 174 Å². The molecule has 1 fully saturated rings. The number of rotatable bonds is 8. The molecule has 1 aromatic rings. The Balaban J connectivity index is 0.00000312. The van der Waals surface area contributed by atoms with Gasteiger partial charge in [0.2, 0.25) is 0 Å². The highest BCUT2D eigenvalue weighted by Gasteiger charge is 2.24. The van der Waals surface area contributed by atoms with Gasteiger partial charge in [-0.15, -0.1) is 24.0 Å². The van der Waals surface area contributed by atoms with Gasteiger partial charge >= 0.3 is 0 Å². The molecular weight excluding hydrogens is 443 g/mol. The maximum absolute atomic E-state index is 4.76. The van der Waals surface area contributed by atoms with Gasteiger partial charge in [0.1, 0.15) is 0 Å². The first kappa shape index (κ1) is 22.6. The van der Waals surface area contributed by atoms with Gasteiger partial charge < -0.3 is 15.5 Å². The second-order valence-corrected chi connectivity index (χ2v) is 7.63. The van der Waals surface area contributed by atoms with E-state index in [-0.39, 0.29) is 24.0 Å². The Morgan fingerprint density at radius 3 is 2.68 bits per heavy atom. The second kappa shape index (κ2) is 12.8. The lowest BCUT2D eigenvalue weighted by atomic mass is 10.2. The number of halogens is 1. The van der Waals surface area contributed by atoms with Gasteiger partial charge in [-0.2, -0.15) is 11.8 Å². The molecule has 0 spiro atoms. The quantitative estimate of drug-likeness (QED) is 0.342. The van der Waals surface area contributed by atoms with Crippen molar-refractivity contribution in [1.29, 1.82) is 0 Å². The third-order valence-electron chi connectivity index (χ3n) is 4.45. The topological polar surface area (TPSA) is 39.7 Å². The second-order valence-electron chi connectivity index (χ2n) is 6.50. The van der Waals surface area contributed by atoms with Crippen LogP contribution in [0, 0.1) is 0 Å². The third kappa shape index (κ3) is 8.64. The van der Waals surface area contributed by atoms with E-state index in [0.29, 0.717) is 6.04 Å². The van der Waals surface area contributed by atoms with E-state index >= 15 is 0 Å². The highest BCUT2D eigenvalue weighted by atomic mass is 127. The molecule has 0 aliphatic heterocycles. The fourth-order valence-electron chi connectivity index (χ4n) is 3.11. The number of benzene rings is 1. The molecule has 0 aromatic heterocycles. The number of likely N-dealkylation sites (N-methyl/N-ethyl adjacent to an activating group) is 1. The van der Waals surface area contributed by atoms with Gasteiger partial charge in [-0.3, -0.25) is 4.99 Å². The van der Waals surface area contributed by atoms with Crippen molar-refractivity contribution in [3.05, 3.63) is 35.9 Å². The summed E-state index contributed by atoms with van der Waals surface area (Å²) in [5.74, 6) is 0.970. The molecule has 4 nitrogen and oxygen atoms in total. The van der Waals surface area contributed by atoms with Crippen LogP contribution in [0.2, 0.25) is 0 Å². The number of nitrogens with zero attached hydrogens (tertiary/aromatic N) is 2. The van der Waals surface area contributed by atoms with Crippen LogP contribution in [0.4, 0.5) is 0 Å². The third-order valence-corrected chi connectivity index (χ3v) is 5.54.